The Morgan fingerprint density at radius 3 is 2.85 bits per heavy atom. The van der Waals surface area contributed by atoms with Crippen molar-refractivity contribution >= 4 is 34.2 Å². The molecule has 7 heteroatoms. The fraction of sp³-hybridized carbons (Fsp3) is 0.500. The van der Waals surface area contributed by atoms with Gasteiger partial charge in [0.25, 0.3) is 0 Å². The van der Waals surface area contributed by atoms with Crippen LogP contribution >= 0.6 is 11.8 Å². The fourth-order valence-electron chi connectivity index (χ4n) is 3.75. The maximum atomic E-state index is 12.8. The van der Waals surface area contributed by atoms with Gasteiger partial charge in [0.05, 0.1) is 10.8 Å². The van der Waals surface area contributed by atoms with Gasteiger partial charge in [-0.2, -0.15) is 4.52 Å². The predicted octanol–water partition coefficient (Wildman–Crippen LogP) is 3.76. The molecule has 142 valence electrons. The van der Waals surface area contributed by atoms with Crippen molar-refractivity contribution in [3.63, 3.8) is 0 Å². The molecule has 3 atom stereocenters. The van der Waals surface area contributed by atoms with E-state index < -0.39 is 0 Å². The summed E-state index contributed by atoms with van der Waals surface area (Å²) in [7, 11) is 0. The van der Waals surface area contributed by atoms with E-state index in [1.807, 2.05) is 38.1 Å². The molecular formula is C20H25N5OS. The number of amides is 1. The lowest BCUT2D eigenvalue weighted by Crippen LogP contribution is -2.44. The molecule has 1 N–H and O–H groups in total. The monoisotopic (exact) mass is 383 g/mol. The highest BCUT2D eigenvalue weighted by atomic mass is 32.2. The average molecular weight is 384 g/mol. The van der Waals surface area contributed by atoms with Crippen LogP contribution in [0.15, 0.2) is 29.4 Å². The van der Waals surface area contributed by atoms with Crippen LogP contribution in [0, 0.1) is 12.8 Å². The maximum absolute atomic E-state index is 12.8. The van der Waals surface area contributed by atoms with Crippen LogP contribution in [0.1, 0.15) is 45.4 Å². The predicted molar refractivity (Wildman–Crippen MR) is 108 cm³/mol. The van der Waals surface area contributed by atoms with Crippen molar-refractivity contribution in [1.82, 2.24) is 24.9 Å². The molecule has 0 spiro atoms. The van der Waals surface area contributed by atoms with Gasteiger partial charge in [0.2, 0.25) is 5.91 Å². The first-order valence-corrected chi connectivity index (χ1v) is 10.5. The van der Waals surface area contributed by atoms with E-state index in [-0.39, 0.29) is 17.2 Å². The molecule has 2 heterocycles. The van der Waals surface area contributed by atoms with Gasteiger partial charge in [-0.3, -0.25) is 4.79 Å². The summed E-state index contributed by atoms with van der Waals surface area (Å²) in [6.07, 6.45) is 4.73. The van der Waals surface area contributed by atoms with Gasteiger partial charge < -0.3 is 5.32 Å². The number of nitrogens with zero attached hydrogens (tertiary/aromatic N) is 4. The summed E-state index contributed by atoms with van der Waals surface area (Å²) in [5.74, 6) is 1.31. The molecule has 6 nitrogen and oxygen atoms in total. The summed E-state index contributed by atoms with van der Waals surface area (Å²) in [4.78, 5) is 22.1. The number of thioether (sulfide) groups is 1. The number of nitrogens with one attached hydrogen (secondary N) is 1. The molecule has 4 rings (SSSR count). The van der Waals surface area contributed by atoms with E-state index in [0.717, 1.165) is 23.0 Å². The first-order chi connectivity index (χ1) is 13.0. The number of carbonyl (C=O) groups excluding carboxylic acids is 1. The molecule has 1 fully saturated rings. The Kier molecular flexibility index (Phi) is 5.04. The van der Waals surface area contributed by atoms with E-state index in [1.54, 1.807) is 4.52 Å². The molecule has 1 amide bonds. The lowest BCUT2D eigenvalue weighted by molar-refractivity contribution is -0.121. The molecule has 1 aliphatic carbocycles. The SMILES string of the molecule is Cc1nc2c3ccccc3nc(SC(C)C(=O)NC3CCCCC3C)n2n1. The Morgan fingerprint density at radius 1 is 1.26 bits per heavy atom. The van der Waals surface area contributed by atoms with Crippen molar-refractivity contribution in [2.75, 3.05) is 0 Å². The van der Waals surface area contributed by atoms with Crippen LogP contribution in [0.25, 0.3) is 16.6 Å². The van der Waals surface area contributed by atoms with Gasteiger partial charge in [0.15, 0.2) is 10.8 Å². The van der Waals surface area contributed by atoms with E-state index in [4.69, 9.17) is 4.98 Å². The van der Waals surface area contributed by atoms with Crippen LogP contribution in [-0.2, 0) is 4.79 Å². The number of para-hydroxylation sites is 1. The van der Waals surface area contributed by atoms with E-state index in [1.165, 1.54) is 31.0 Å². The van der Waals surface area contributed by atoms with Gasteiger partial charge in [0, 0.05) is 11.4 Å². The average Bonchev–Trinajstić information content (AvgIpc) is 3.05. The van der Waals surface area contributed by atoms with E-state index in [9.17, 15) is 4.79 Å². The summed E-state index contributed by atoms with van der Waals surface area (Å²) >= 11 is 1.44. The third-order valence-electron chi connectivity index (χ3n) is 5.35. The van der Waals surface area contributed by atoms with Crippen LogP contribution in [-0.4, -0.2) is 36.8 Å². The topological polar surface area (TPSA) is 72.2 Å². The lowest BCUT2D eigenvalue weighted by atomic mass is 9.86. The van der Waals surface area contributed by atoms with Crippen molar-refractivity contribution in [3.8, 4) is 0 Å². The molecule has 1 aromatic carbocycles. The minimum Gasteiger partial charge on any atom is -0.352 e. The fourth-order valence-corrected chi connectivity index (χ4v) is 4.62. The largest absolute Gasteiger partial charge is 0.352 e. The second kappa shape index (κ2) is 7.46. The normalized spacial score (nSPS) is 21.4. The molecule has 3 aromatic rings. The molecule has 1 aliphatic rings. The summed E-state index contributed by atoms with van der Waals surface area (Å²) in [6.45, 7) is 6.03. The van der Waals surface area contributed by atoms with Gasteiger partial charge in [-0.1, -0.05) is 43.7 Å². The third kappa shape index (κ3) is 3.65. The third-order valence-corrected chi connectivity index (χ3v) is 6.39. The molecule has 0 saturated heterocycles. The Labute approximate surface area is 163 Å². The van der Waals surface area contributed by atoms with Crippen molar-refractivity contribution in [3.05, 3.63) is 30.1 Å². The van der Waals surface area contributed by atoms with Crippen molar-refractivity contribution < 1.29 is 4.79 Å². The molecule has 2 aromatic heterocycles. The Bertz CT molecular complexity index is 985. The number of rotatable bonds is 4. The number of carbonyl (C=O) groups is 1. The van der Waals surface area contributed by atoms with Crippen LogP contribution in [0.3, 0.4) is 0 Å². The molecule has 0 aliphatic heterocycles. The smallest absolute Gasteiger partial charge is 0.233 e. The number of hydrogen-bond donors (Lipinski definition) is 1. The Hall–Kier alpha value is -2.15. The van der Waals surface area contributed by atoms with Gasteiger partial charge in [-0.05, 0) is 44.7 Å². The zero-order chi connectivity index (χ0) is 19.0. The van der Waals surface area contributed by atoms with Crippen LogP contribution in [0.5, 0.6) is 0 Å². The van der Waals surface area contributed by atoms with Gasteiger partial charge in [-0.15, -0.1) is 5.10 Å². The number of fused-ring (bicyclic) bond motifs is 3. The van der Waals surface area contributed by atoms with E-state index in [0.29, 0.717) is 16.9 Å². The summed E-state index contributed by atoms with van der Waals surface area (Å²) in [5, 5.41) is 9.16. The zero-order valence-corrected chi connectivity index (χ0v) is 16.8. The number of aryl methyl sites for hydroxylation is 1. The number of aromatic nitrogens is 4. The highest BCUT2D eigenvalue weighted by Crippen LogP contribution is 2.28. The summed E-state index contributed by atoms with van der Waals surface area (Å²) < 4.78 is 1.76. The van der Waals surface area contributed by atoms with Gasteiger partial charge in [-0.25, -0.2) is 9.97 Å². The first kappa shape index (κ1) is 18.2. The van der Waals surface area contributed by atoms with Gasteiger partial charge >= 0.3 is 0 Å². The van der Waals surface area contributed by atoms with E-state index >= 15 is 0 Å². The molecule has 0 radical (unpaired) electrons. The molecule has 27 heavy (non-hydrogen) atoms. The lowest BCUT2D eigenvalue weighted by Gasteiger charge is -2.30. The number of benzene rings is 1. The summed E-state index contributed by atoms with van der Waals surface area (Å²) in [5.41, 5.74) is 1.66. The van der Waals surface area contributed by atoms with Crippen molar-refractivity contribution in [1.29, 1.82) is 0 Å². The molecule has 1 saturated carbocycles. The minimum atomic E-state index is -0.250. The first-order valence-electron chi connectivity index (χ1n) is 9.62. The highest BCUT2D eigenvalue weighted by Gasteiger charge is 2.26. The zero-order valence-electron chi connectivity index (χ0n) is 16.0. The quantitative estimate of drug-likeness (QED) is 0.549. The van der Waals surface area contributed by atoms with Gasteiger partial charge in [0.1, 0.15) is 5.82 Å². The molecular weight excluding hydrogens is 358 g/mol. The van der Waals surface area contributed by atoms with Crippen LogP contribution < -0.4 is 5.32 Å². The summed E-state index contributed by atoms with van der Waals surface area (Å²) in [6, 6.07) is 8.19. The van der Waals surface area contributed by atoms with Crippen molar-refractivity contribution in [2.24, 2.45) is 5.92 Å². The Morgan fingerprint density at radius 2 is 2.04 bits per heavy atom. The highest BCUT2D eigenvalue weighted by molar-refractivity contribution is 8.00. The standard InChI is InChI=1S/C20H25N5OS/c1-12-8-4-6-10-16(12)22-19(26)13(2)27-20-23-17-11-7-5-9-15(17)18-21-14(3)24-25(18)20/h5,7,9,11-13,16H,4,6,8,10H2,1-3H3,(H,22,26). The number of hydrogen-bond acceptors (Lipinski definition) is 5. The second-order valence-corrected chi connectivity index (χ2v) is 8.75. The minimum absolute atomic E-state index is 0.0682. The van der Waals surface area contributed by atoms with Crippen LogP contribution in [0.2, 0.25) is 0 Å². The van der Waals surface area contributed by atoms with Crippen LogP contribution in [0.4, 0.5) is 0 Å². The van der Waals surface area contributed by atoms with Crippen molar-refractivity contribution in [2.45, 2.75) is 62.9 Å². The molecule has 0 bridgehead atoms. The maximum Gasteiger partial charge on any atom is 0.233 e. The Balaban J connectivity index is 1.59. The molecule has 3 unspecified atom stereocenters. The van der Waals surface area contributed by atoms with E-state index in [2.05, 4.69) is 22.3 Å². The second-order valence-electron chi connectivity index (χ2n) is 7.44.